The first kappa shape index (κ1) is 20.4. The fourth-order valence-corrected chi connectivity index (χ4v) is 3.14. The number of anilines is 1. The van der Waals surface area contributed by atoms with Crippen molar-refractivity contribution in [1.82, 2.24) is 9.36 Å². The molecule has 1 N–H and O–H groups in total. The van der Waals surface area contributed by atoms with Gasteiger partial charge in [0.15, 0.2) is 0 Å². The van der Waals surface area contributed by atoms with Gasteiger partial charge in [-0.2, -0.15) is 0 Å². The van der Waals surface area contributed by atoms with Gasteiger partial charge in [0.1, 0.15) is 5.69 Å². The molecule has 3 rings (SSSR count). The van der Waals surface area contributed by atoms with Crippen LogP contribution in [-0.2, 0) is 17.3 Å². The van der Waals surface area contributed by atoms with E-state index in [1.54, 1.807) is 22.5 Å². The topological polar surface area (TPSA) is 56.0 Å². The third kappa shape index (κ3) is 4.40. The van der Waals surface area contributed by atoms with Gasteiger partial charge in [-0.25, -0.2) is 4.68 Å². The number of hydrogen-bond acceptors (Lipinski definition) is 2. The Morgan fingerprint density at radius 2 is 1.62 bits per heavy atom. The van der Waals surface area contributed by atoms with Crippen LogP contribution in [0.15, 0.2) is 65.5 Å². The van der Waals surface area contributed by atoms with E-state index < -0.39 is 0 Å². The molecule has 0 radical (unpaired) electrons. The van der Waals surface area contributed by atoms with Crippen LogP contribution in [0.25, 0.3) is 11.8 Å². The van der Waals surface area contributed by atoms with E-state index in [2.05, 4.69) is 38.2 Å². The minimum absolute atomic E-state index is 0.0864. The highest BCUT2D eigenvalue weighted by Gasteiger charge is 2.17. The molecule has 0 aliphatic rings. The van der Waals surface area contributed by atoms with Crippen molar-refractivity contribution in [2.45, 2.75) is 33.1 Å². The Labute approximate surface area is 171 Å². The molecule has 0 bridgehead atoms. The predicted octanol–water partition coefficient (Wildman–Crippen LogP) is 4.43. The Morgan fingerprint density at radius 3 is 2.21 bits per heavy atom. The molecule has 0 saturated carbocycles. The van der Waals surface area contributed by atoms with Crippen LogP contribution in [0, 0.1) is 6.92 Å². The minimum Gasteiger partial charge on any atom is -0.316 e. The zero-order valence-corrected chi connectivity index (χ0v) is 17.6. The van der Waals surface area contributed by atoms with Gasteiger partial charge in [0.05, 0.1) is 11.4 Å². The van der Waals surface area contributed by atoms with Crippen LogP contribution in [0.1, 0.15) is 37.6 Å². The lowest BCUT2D eigenvalue weighted by atomic mass is 9.87. The molecule has 0 fully saturated rings. The summed E-state index contributed by atoms with van der Waals surface area (Å²) >= 11 is 0. The Morgan fingerprint density at radius 1 is 1.00 bits per heavy atom. The molecule has 0 spiro atoms. The minimum atomic E-state index is -0.337. The van der Waals surface area contributed by atoms with Gasteiger partial charge in [-0.05, 0) is 41.7 Å². The SMILES string of the molecule is Cc1c(NC(=O)/C=C/c2ccc(C(C)(C)C)cc2)c(=O)n(-c2ccccc2)n1C. The van der Waals surface area contributed by atoms with Gasteiger partial charge in [-0.15, -0.1) is 0 Å². The van der Waals surface area contributed by atoms with Crippen molar-refractivity contribution >= 4 is 17.7 Å². The first-order valence-corrected chi connectivity index (χ1v) is 9.62. The van der Waals surface area contributed by atoms with Crippen molar-refractivity contribution in [3.05, 3.63) is 87.8 Å². The fraction of sp³-hybridized carbons (Fsp3) is 0.250. The summed E-state index contributed by atoms with van der Waals surface area (Å²) in [6.45, 7) is 8.30. The van der Waals surface area contributed by atoms with Crippen molar-refractivity contribution in [2.24, 2.45) is 7.05 Å². The van der Waals surface area contributed by atoms with Crippen LogP contribution in [0.5, 0.6) is 0 Å². The number of rotatable bonds is 4. The maximum atomic E-state index is 12.9. The van der Waals surface area contributed by atoms with Gasteiger partial charge >= 0.3 is 0 Å². The zero-order valence-electron chi connectivity index (χ0n) is 17.6. The lowest BCUT2D eigenvalue weighted by Gasteiger charge is -2.18. The number of hydrogen-bond donors (Lipinski definition) is 1. The van der Waals surface area contributed by atoms with Crippen molar-refractivity contribution < 1.29 is 4.79 Å². The number of amides is 1. The number of aromatic nitrogens is 2. The average molecular weight is 389 g/mol. The molecule has 0 saturated heterocycles. The molecule has 0 unspecified atom stereocenters. The average Bonchev–Trinajstić information content (AvgIpc) is 2.90. The molecule has 29 heavy (non-hydrogen) atoms. The largest absolute Gasteiger partial charge is 0.316 e. The Bertz CT molecular complexity index is 1100. The smallest absolute Gasteiger partial charge is 0.295 e. The highest BCUT2D eigenvalue weighted by Crippen LogP contribution is 2.22. The van der Waals surface area contributed by atoms with E-state index in [0.717, 1.165) is 11.3 Å². The predicted molar refractivity (Wildman–Crippen MR) is 119 cm³/mol. The molecule has 0 aliphatic heterocycles. The van der Waals surface area contributed by atoms with Gasteiger partial charge in [0.2, 0.25) is 5.91 Å². The summed E-state index contributed by atoms with van der Waals surface area (Å²) in [5.74, 6) is -0.337. The molecule has 0 atom stereocenters. The third-order valence-electron chi connectivity index (χ3n) is 5.01. The summed E-state index contributed by atoms with van der Waals surface area (Å²) in [5.41, 5.74) is 3.72. The molecule has 2 aromatic carbocycles. The molecular weight excluding hydrogens is 362 g/mol. The van der Waals surface area contributed by atoms with Gasteiger partial charge in [0.25, 0.3) is 5.56 Å². The lowest BCUT2D eigenvalue weighted by Crippen LogP contribution is -2.22. The molecule has 1 heterocycles. The van der Waals surface area contributed by atoms with Crippen molar-refractivity contribution in [3.63, 3.8) is 0 Å². The first-order valence-electron chi connectivity index (χ1n) is 9.62. The number of nitrogens with one attached hydrogen (secondary N) is 1. The van der Waals surface area contributed by atoms with Crippen LogP contribution in [0.4, 0.5) is 5.69 Å². The number of para-hydroxylation sites is 1. The van der Waals surface area contributed by atoms with E-state index in [4.69, 9.17) is 0 Å². The summed E-state index contributed by atoms with van der Waals surface area (Å²) in [6, 6.07) is 17.5. The Kier molecular flexibility index (Phi) is 5.59. The molecular formula is C24H27N3O2. The maximum Gasteiger partial charge on any atom is 0.295 e. The summed E-state index contributed by atoms with van der Waals surface area (Å²) < 4.78 is 3.28. The van der Waals surface area contributed by atoms with E-state index >= 15 is 0 Å². The first-order chi connectivity index (χ1) is 13.7. The fourth-order valence-electron chi connectivity index (χ4n) is 3.14. The molecule has 0 aliphatic carbocycles. The number of carbonyl (C=O) groups is 1. The van der Waals surface area contributed by atoms with Gasteiger partial charge in [0, 0.05) is 13.1 Å². The van der Waals surface area contributed by atoms with E-state index in [1.165, 1.54) is 11.6 Å². The van der Waals surface area contributed by atoms with Crippen LogP contribution >= 0.6 is 0 Å². The Hall–Kier alpha value is -3.34. The van der Waals surface area contributed by atoms with E-state index in [0.29, 0.717) is 5.69 Å². The van der Waals surface area contributed by atoms with Crippen LogP contribution in [0.2, 0.25) is 0 Å². The summed E-state index contributed by atoms with van der Waals surface area (Å²) in [5, 5.41) is 2.74. The number of carbonyl (C=O) groups excluding carboxylic acids is 1. The summed E-state index contributed by atoms with van der Waals surface area (Å²) in [4.78, 5) is 25.3. The molecule has 150 valence electrons. The highest BCUT2D eigenvalue weighted by molar-refractivity contribution is 6.02. The van der Waals surface area contributed by atoms with Crippen molar-refractivity contribution in [1.29, 1.82) is 0 Å². The quantitative estimate of drug-likeness (QED) is 0.671. The maximum absolute atomic E-state index is 12.9. The standard InChI is InChI=1S/C24H27N3O2/c1-17-22(23(29)27(26(17)5)20-9-7-6-8-10-20)25-21(28)16-13-18-11-14-19(15-12-18)24(2,3)4/h6-16H,1-5H3,(H,25,28)/b16-13+. The zero-order chi connectivity index (χ0) is 21.2. The highest BCUT2D eigenvalue weighted by atomic mass is 16.2. The summed E-state index contributed by atoms with van der Waals surface area (Å²) in [7, 11) is 1.80. The van der Waals surface area contributed by atoms with E-state index in [1.807, 2.05) is 49.4 Å². The normalized spacial score (nSPS) is 11.8. The molecule has 1 aromatic heterocycles. The van der Waals surface area contributed by atoms with Gasteiger partial charge in [-0.3, -0.25) is 14.3 Å². The van der Waals surface area contributed by atoms with E-state index in [9.17, 15) is 9.59 Å². The van der Waals surface area contributed by atoms with Gasteiger partial charge in [-0.1, -0.05) is 63.2 Å². The number of benzene rings is 2. The van der Waals surface area contributed by atoms with Crippen molar-refractivity contribution in [3.8, 4) is 5.69 Å². The molecule has 5 nitrogen and oxygen atoms in total. The molecule has 3 aromatic rings. The molecule has 5 heteroatoms. The Balaban J connectivity index is 1.79. The van der Waals surface area contributed by atoms with Crippen LogP contribution in [0.3, 0.4) is 0 Å². The second-order valence-corrected chi connectivity index (χ2v) is 8.13. The second kappa shape index (κ2) is 7.95. The van der Waals surface area contributed by atoms with E-state index in [-0.39, 0.29) is 22.6 Å². The van der Waals surface area contributed by atoms with Crippen LogP contribution in [-0.4, -0.2) is 15.3 Å². The number of nitrogens with zero attached hydrogens (tertiary/aromatic N) is 2. The third-order valence-corrected chi connectivity index (χ3v) is 5.01. The second-order valence-electron chi connectivity index (χ2n) is 8.13. The van der Waals surface area contributed by atoms with Gasteiger partial charge < -0.3 is 5.32 Å². The summed E-state index contributed by atoms with van der Waals surface area (Å²) in [6.07, 6.45) is 3.20. The monoisotopic (exact) mass is 389 g/mol. The van der Waals surface area contributed by atoms with Crippen LogP contribution < -0.4 is 10.9 Å². The van der Waals surface area contributed by atoms with Crippen molar-refractivity contribution in [2.75, 3.05) is 5.32 Å². The molecule has 1 amide bonds. The lowest BCUT2D eigenvalue weighted by molar-refractivity contribution is -0.111.